The highest BCUT2D eigenvalue weighted by atomic mass is 79.9. The number of nitrogens with zero attached hydrogens (tertiary/aromatic N) is 2. The Balaban J connectivity index is 1.94. The van der Waals surface area contributed by atoms with Crippen LogP contribution in [0.2, 0.25) is 0 Å². The minimum atomic E-state index is -0.733. The van der Waals surface area contributed by atoms with Crippen LogP contribution in [0, 0.1) is 0 Å². The highest BCUT2D eigenvalue weighted by Gasteiger charge is 2.33. The maximum atomic E-state index is 13.7. The van der Waals surface area contributed by atoms with Gasteiger partial charge in [0.1, 0.15) is 5.75 Å². The maximum Gasteiger partial charge on any atom is 0.338 e. The second-order valence-electron chi connectivity index (χ2n) is 7.85. The van der Waals surface area contributed by atoms with E-state index in [4.69, 9.17) is 14.2 Å². The molecule has 1 atom stereocenters. The molecule has 2 heterocycles. The molecule has 188 valence electrons. The standard InChI is InChI=1S/C26H25BrN2O6S/c1-5-34-18-9-7-15(8-10-18)22-21(25(32)35-6-2)14(3)28-26-29(22)24(31)20(36-26)12-16-11-17(27)13-19(33-4)23(16)30/h7-13,22,30H,5-6H2,1-4H3/b20-12-/t22-/m0/s1. The van der Waals surface area contributed by atoms with Crippen LogP contribution in [0.15, 0.2) is 61.9 Å². The highest BCUT2D eigenvalue weighted by Crippen LogP contribution is 2.34. The molecule has 1 aliphatic heterocycles. The number of benzene rings is 2. The number of phenolic OH excluding ortho intramolecular Hbond substituents is 1. The quantitative estimate of drug-likeness (QED) is 0.434. The van der Waals surface area contributed by atoms with Crippen LogP contribution in [0.5, 0.6) is 17.2 Å². The molecular weight excluding hydrogens is 548 g/mol. The molecule has 1 aliphatic rings. The average Bonchev–Trinajstić information content (AvgIpc) is 3.15. The Hall–Kier alpha value is -3.37. The van der Waals surface area contributed by atoms with Crippen LogP contribution in [-0.4, -0.2) is 36.0 Å². The SMILES string of the molecule is CCOC(=O)C1=C(C)N=c2s/c(=C\c3cc(Br)cc(OC)c3O)c(=O)n2[C@H]1c1ccc(OCC)cc1. The summed E-state index contributed by atoms with van der Waals surface area (Å²) in [5.41, 5.74) is 1.56. The number of carbonyl (C=O) groups is 1. The lowest BCUT2D eigenvalue weighted by Gasteiger charge is -2.24. The molecule has 0 saturated heterocycles. The Morgan fingerprint density at radius 3 is 2.58 bits per heavy atom. The molecule has 1 N–H and O–H groups in total. The lowest BCUT2D eigenvalue weighted by atomic mass is 9.96. The Morgan fingerprint density at radius 2 is 1.94 bits per heavy atom. The molecule has 0 amide bonds. The number of ether oxygens (including phenoxy) is 3. The van der Waals surface area contributed by atoms with E-state index in [1.165, 1.54) is 23.0 Å². The monoisotopic (exact) mass is 572 g/mol. The van der Waals surface area contributed by atoms with Gasteiger partial charge in [0.05, 0.1) is 42.2 Å². The van der Waals surface area contributed by atoms with Crippen molar-refractivity contribution in [3.63, 3.8) is 0 Å². The molecule has 4 rings (SSSR count). The van der Waals surface area contributed by atoms with Gasteiger partial charge >= 0.3 is 5.97 Å². The minimum absolute atomic E-state index is 0.0852. The van der Waals surface area contributed by atoms with Gasteiger partial charge in [-0.25, -0.2) is 9.79 Å². The van der Waals surface area contributed by atoms with E-state index < -0.39 is 12.0 Å². The molecule has 0 unspecified atom stereocenters. The summed E-state index contributed by atoms with van der Waals surface area (Å²) in [5.74, 6) is 0.349. The highest BCUT2D eigenvalue weighted by molar-refractivity contribution is 9.10. The molecule has 0 radical (unpaired) electrons. The number of fused-ring (bicyclic) bond motifs is 1. The van der Waals surface area contributed by atoms with Gasteiger partial charge in [-0.05, 0) is 56.7 Å². The predicted octanol–water partition coefficient (Wildman–Crippen LogP) is 3.67. The number of halogens is 1. The first kappa shape index (κ1) is 25.7. The first-order valence-electron chi connectivity index (χ1n) is 11.3. The van der Waals surface area contributed by atoms with E-state index in [9.17, 15) is 14.7 Å². The van der Waals surface area contributed by atoms with Crippen LogP contribution in [0.3, 0.4) is 0 Å². The topological polar surface area (TPSA) is 99.4 Å². The average molecular weight is 573 g/mol. The number of allylic oxidation sites excluding steroid dienone is 1. The normalized spacial score (nSPS) is 15.4. The fraction of sp³-hybridized carbons (Fsp3) is 0.269. The molecule has 0 saturated carbocycles. The van der Waals surface area contributed by atoms with Gasteiger partial charge < -0.3 is 19.3 Å². The zero-order valence-electron chi connectivity index (χ0n) is 20.2. The minimum Gasteiger partial charge on any atom is -0.504 e. The first-order chi connectivity index (χ1) is 17.3. The van der Waals surface area contributed by atoms with Crippen molar-refractivity contribution in [2.45, 2.75) is 26.8 Å². The zero-order valence-corrected chi connectivity index (χ0v) is 22.6. The second kappa shape index (κ2) is 10.7. The van der Waals surface area contributed by atoms with Crippen LogP contribution in [-0.2, 0) is 9.53 Å². The molecule has 2 aromatic carbocycles. The molecule has 0 aliphatic carbocycles. The lowest BCUT2D eigenvalue weighted by Crippen LogP contribution is -2.39. The third-order valence-electron chi connectivity index (χ3n) is 5.60. The largest absolute Gasteiger partial charge is 0.504 e. The number of aromatic hydroxyl groups is 1. The summed E-state index contributed by atoms with van der Waals surface area (Å²) in [4.78, 5) is 31.7. The van der Waals surface area contributed by atoms with E-state index in [0.717, 1.165) is 5.56 Å². The van der Waals surface area contributed by atoms with E-state index in [1.807, 2.05) is 19.1 Å². The number of thiazole rings is 1. The van der Waals surface area contributed by atoms with Gasteiger partial charge in [0.2, 0.25) is 0 Å². The van der Waals surface area contributed by atoms with Crippen molar-refractivity contribution >= 4 is 39.3 Å². The first-order valence-corrected chi connectivity index (χ1v) is 12.9. The van der Waals surface area contributed by atoms with E-state index in [2.05, 4.69) is 20.9 Å². The Kier molecular flexibility index (Phi) is 7.65. The molecule has 1 aromatic heterocycles. The summed E-state index contributed by atoms with van der Waals surface area (Å²) in [6.45, 7) is 6.08. The van der Waals surface area contributed by atoms with Crippen LogP contribution >= 0.6 is 27.3 Å². The Morgan fingerprint density at radius 1 is 1.22 bits per heavy atom. The van der Waals surface area contributed by atoms with Gasteiger partial charge in [0.25, 0.3) is 5.56 Å². The van der Waals surface area contributed by atoms with E-state index in [0.29, 0.717) is 43.0 Å². The smallest absolute Gasteiger partial charge is 0.338 e. The summed E-state index contributed by atoms with van der Waals surface area (Å²) < 4.78 is 18.6. The van der Waals surface area contributed by atoms with Gasteiger partial charge in [0, 0.05) is 10.0 Å². The molecule has 10 heteroatoms. The predicted molar refractivity (Wildman–Crippen MR) is 140 cm³/mol. The van der Waals surface area contributed by atoms with Gasteiger partial charge in [-0.3, -0.25) is 9.36 Å². The van der Waals surface area contributed by atoms with Crippen LogP contribution in [0.4, 0.5) is 0 Å². The Bertz CT molecular complexity index is 1520. The van der Waals surface area contributed by atoms with Crippen molar-refractivity contribution in [1.29, 1.82) is 0 Å². The maximum absolute atomic E-state index is 13.7. The lowest BCUT2D eigenvalue weighted by molar-refractivity contribution is -0.139. The summed E-state index contributed by atoms with van der Waals surface area (Å²) >= 11 is 4.58. The van der Waals surface area contributed by atoms with Gasteiger partial charge in [-0.15, -0.1) is 0 Å². The summed E-state index contributed by atoms with van der Waals surface area (Å²) in [6, 6.07) is 9.86. The molecule has 8 nitrogen and oxygen atoms in total. The van der Waals surface area contributed by atoms with Crippen molar-refractivity contribution in [3.05, 3.63) is 83.0 Å². The van der Waals surface area contributed by atoms with E-state index in [-0.39, 0.29) is 23.7 Å². The van der Waals surface area contributed by atoms with Crippen LogP contribution < -0.4 is 24.4 Å². The molecule has 36 heavy (non-hydrogen) atoms. The van der Waals surface area contributed by atoms with E-state index >= 15 is 0 Å². The summed E-state index contributed by atoms with van der Waals surface area (Å²) in [6.07, 6.45) is 1.59. The second-order valence-corrected chi connectivity index (χ2v) is 9.77. The van der Waals surface area contributed by atoms with Crippen molar-refractivity contribution in [1.82, 2.24) is 4.57 Å². The molecular formula is C26H25BrN2O6S. The zero-order chi connectivity index (χ0) is 26.0. The van der Waals surface area contributed by atoms with E-state index in [1.54, 1.807) is 44.2 Å². The number of hydrogen-bond acceptors (Lipinski definition) is 8. The van der Waals surface area contributed by atoms with Crippen molar-refractivity contribution in [3.8, 4) is 17.2 Å². The number of esters is 1. The number of methoxy groups -OCH3 is 1. The van der Waals surface area contributed by atoms with Crippen molar-refractivity contribution < 1.29 is 24.1 Å². The number of hydrogen-bond donors (Lipinski definition) is 1. The van der Waals surface area contributed by atoms with Crippen molar-refractivity contribution in [2.24, 2.45) is 4.99 Å². The summed E-state index contributed by atoms with van der Waals surface area (Å²) in [7, 11) is 1.45. The van der Waals surface area contributed by atoms with Crippen LogP contribution in [0.25, 0.3) is 6.08 Å². The fourth-order valence-electron chi connectivity index (χ4n) is 4.02. The fourth-order valence-corrected chi connectivity index (χ4v) is 5.51. The number of rotatable bonds is 7. The van der Waals surface area contributed by atoms with Gasteiger partial charge in [0.15, 0.2) is 16.3 Å². The molecule has 0 bridgehead atoms. The number of aromatic nitrogens is 1. The van der Waals surface area contributed by atoms with Crippen molar-refractivity contribution in [2.75, 3.05) is 20.3 Å². The Labute approximate surface area is 219 Å². The van der Waals surface area contributed by atoms with Gasteiger partial charge in [-0.2, -0.15) is 0 Å². The third kappa shape index (κ3) is 4.83. The third-order valence-corrected chi connectivity index (χ3v) is 7.04. The molecule has 0 spiro atoms. The molecule has 0 fully saturated rings. The number of phenols is 1. The van der Waals surface area contributed by atoms with Gasteiger partial charge in [-0.1, -0.05) is 39.4 Å². The molecule has 3 aromatic rings. The number of carbonyl (C=O) groups excluding carboxylic acids is 1. The summed E-state index contributed by atoms with van der Waals surface area (Å²) in [5, 5.41) is 10.6. The van der Waals surface area contributed by atoms with Crippen LogP contribution in [0.1, 0.15) is 37.9 Å².